The first-order valence-electron chi connectivity index (χ1n) is 6.59. The first-order valence-corrected chi connectivity index (χ1v) is 6.59. The average Bonchev–Trinajstić information content (AvgIpc) is 2.88. The van der Waals surface area contributed by atoms with E-state index in [2.05, 4.69) is 4.99 Å². The van der Waals surface area contributed by atoms with E-state index in [1.54, 1.807) is 36.4 Å². The fourth-order valence-electron chi connectivity index (χ4n) is 2.37. The standard InChI is InChI=1S/C17H13NO3/c1-12(19)17(14-10-6-3-7-11-14)16(20)21-15(18-17)13-8-4-2-5-9-13/h2-11H,1H3. The zero-order chi connectivity index (χ0) is 14.9. The highest BCUT2D eigenvalue weighted by Crippen LogP contribution is 2.34. The van der Waals surface area contributed by atoms with Gasteiger partial charge in [-0.2, -0.15) is 0 Å². The van der Waals surface area contributed by atoms with Crippen LogP contribution in [0.2, 0.25) is 0 Å². The van der Waals surface area contributed by atoms with Gasteiger partial charge in [0.1, 0.15) is 0 Å². The van der Waals surface area contributed by atoms with Crippen molar-refractivity contribution < 1.29 is 14.3 Å². The van der Waals surface area contributed by atoms with E-state index in [1.807, 2.05) is 24.3 Å². The molecule has 1 aliphatic rings. The van der Waals surface area contributed by atoms with Crippen LogP contribution in [0.15, 0.2) is 65.7 Å². The van der Waals surface area contributed by atoms with Crippen molar-refractivity contribution >= 4 is 17.7 Å². The lowest BCUT2D eigenvalue weighted by molar-refractivity contribution is -0.144. The van der Waals surface area contributed by atoms with Gasteiger partial charge in [-0.25, -0.2) is 9.79 Å². The van der Waals surface area contributed by atoms with E-state index < -0.39 is 11.5 Å². The summed E-state index contributed by atoms with van der Waals surface area (Å²) >= 11 is 0. The Hall–Kier alpha value is -2.75. The number of carbonyl (C=O) groups excluding carboxylic acids is 2. The first kappa shape index (κ1) is 13.2. The van der Waals surface area contributed by atoms with Gasteiger partial charge in [-0.1, -0.05) is 48.5 Å². The summed E-state index contributed by atoms with van der Waals surface area (Å²) in [5.74, 6) is -0.829. The predicted molar refractivity (Wildman–Crippen MR) is 77.9 cm³/mol. The Kier molecular flexibility index (Phi) is 3.14. The van der Waals surface area contributed by atoms with Crippen molar-refractivity contribution in [3.8, 4) is 0 Å². The Morgan fingerprint density at radius 2 is 1.57 bits per heavy atom. The molecular formula is C17H13NO3. The van der Waals surface area contributed by atoms with Gasteiger partial charge in [0.05, 0.1) is 0 Å². The molecular weight excluding hydrogens is 266 g/mol. The van der Waals surface area contributed by atoms with Crippen LogP contribution in [0.25, 0.3) is 0 Å². The SMILES string of the molecule is CC(=O)C1(c2ccccc2)N=C(c2ccccc2)OC1=O. The van der Waals surface area contributed by atoms with E-state index in [0.717, 1.165) is 0 Å². The minimum Gasteiger partial charge on any atom is -0.405 e. The van der Waals surface area contributed by atoms with Crippen molar-refractivity contribution in [3.05, 3.63) is 71.8 Å². The number of rotatable bonds is 3. The van der Waals surface area contributed by atoms with Gasteiger partial charge in [-0.3, -0.25) is 4.79 Å². The Balaban J connectivity index is 2.16. The minimum absolute atomic E-state index is 0.180. The maximum absolute atomic E-state index is 12.4. The predicted octanol–water partition coefficient (Wildman–Crippen LogP) is 2.47. The Morgan fingerprint density at radius 3 is 2.14 bits per heavy atom. The van der Waals surface area contributed by atoms with Gasteiger partial charge in [0.2, 0.25) is 11.4 Å². The Labute approximate surface area is 122 Å². The fraction of sp³-hybridized carbons (Fsp3) is 0.118. The Morgan fingerprint density at radius 1 is 1.00 bits per heavy atom. The number of carbonyl (C=O) groups is 2. The fourth-order valence-corrected chi connectivity index (χ4v) is 2.37. The minimum atomic E-state index is -1.59. The summed E-state index contributed by atoms with van der Waals surface area (Å²) in [7, 11) is 0. The smallest absolute Gasteiger partial charge is 0.353 e. The molecule has 4 nitrogen and oxygen atoms in total. The van der Waals surface area contributed by atoms with Gasteiger partial charge in [0.15, 0.2) is 5.78 Å². The van der Waals surface area contributed by atoms with E-state index in [0.29, 0.717) is 11.1 Å². The van der Waals surface area contributed by atoms with Gasteiger partial charge in [0.25, 0.3) is 0 Å². The second kappa shape index (κ2) is 4.98. The third-order valence-corrected chi connectivity index (χ3v) is 3.48. The number of aliphatic imine (C=N–C) groups is 1. The molecule has 0 fully saturated rings. The van der Waals surface area contributed by atoms with E-state index in [9.17, 15) is 9.59 Å². The van der Waals surface area contributed by atoms with Gasteiger partial charge in [-0.15, -0.1) is 0 Å². The van der Waals surface area contributed by atoms with Crippen LogP contribution >= 0.6 is 0 Å². The van der Waals surface area contributed by atoms with Crippen LogP contribution in [0.1, 0.15) is 18.1 Å². The summed E-state index contributed by atoms with van der Waals surface area (Å²) in [5, 5.41) is 0. The molecule has 0 aromatic heterocycles. The van der Waals surface area contributed by atoms with E-state index in [4.69, 9.17) is 4.74 Å². The molecule has 1 heterocycles. The van der Waals surface area contributed by atoms with Crippen LogP contribution in [0.3, 0.4) is 0 Å². The summed E-state index contributed by atoms with van der Waals surface area (Å²) in [4.78, 5) is 28.8. The van der Waals surface area contributed by atoms with Crippen LogP contribution in [-0.2, 0) is 19.9 Å². The average molecular weight is 279 g/mol. The molecule has 0 N–H and O–H groups in total. The highest BCUT2D eigenvalue weighted by Gasteiger charge is 2.52. The zero-order valence-electron chi connectivity index (χ0n) is 11.4. The molecule has 0 aliphatic carbocycles. The van der Waals surface area contributed by atoms with E-state index in [-0.39, 0.29) is 11.7 Å². The first-order chi connectivity index (χ1) is 10.1. The third-order valence-electron chi connectivity index (χ3n) is 3.48. The molecule has 0 bridgehead atoms. The topological polar surface area (TPSA) is 55.7 Å². The Bertz CT molecular complexity index is 722. The van der Waals surface area contributed by atoms with Gasteiger partial charge in [0, 0.05) is 5.56 Å². The zero-order valence-corrected chi connectivity index (χ0v) is 11.4. The second-order valence-corrected chi connectivity index (χ2v) is 4.81. The monoisotopic (exact) mass is 279 g/mol. The third kappa shape index (κ3) is 2.05. The number of ether oxygens (including phenoxy) is 1. The number of esters is 1. The largest absolute Gasteiger partial charge is 0.405 e. The number of hydrogen-bond donors (Lipinski definition) is 0. The molecule has 1 aliphatic heterocycles. The van der Waals surface area contributed by atoms with Crippen molar-refractivity contribution in [2.45, 2.75) is 12.5 Å². The maximum atomic E-state index is 12.4. The second-order valence-electron chi connectivity index (χ2n) is 4.81. The summed E-state index contributed by atoms with van der Waals surface area (Å²) in [5.41, 5.74) is -0.398. The number of nitrogens with zero attached hydrogens (tertiary/aromatic N) is 1. The molecule has 21 heavy (non-hydrogen) atoms. The van der Waals surface area contributed by atoms with Crippen molar-refractivity contribution in [1.29, 1.82) is 0 Å². The van der Waals surface area contributed by atoms with Crippen molar-refractivity contribution in [3.63, 3.8) is 0 Å². The molecule has 4 heteroatoms. The maximum Gasteiger partial charge on any atom is 0.353 e. The molecule has 3 rings (SSSR count). The van der Waals surface area contributed by atoms with Crippen LogP contribution in [0.5, 0.6) is 0 Å². The lowest BCUT2D eigenvalue weighted by atomic mass is 9.87. The molecule has 0 saturated heterocycles. The summed E-state index contributed by atoms with van der Waals surface area (Å²) < 4.78 is 5.27. The molecule has 0 amide bonds. The summed E-state index contributed by atoms with van der Waals surface area (Å²) in [6, 6.07) is 17.8. The molecule has 0 saturated carbocycles. The van der Waals surface area contributed by atoms with Gasteiger partial charge >= 0.3 is 5.97 Å². The highest BCUT2D eigenvalue weighted by molar-refractivity contribution is 6.18. The molecule has 1 unspecified atom stereocenters. The molecule has 2 aromatic carbocycles. The summed E-state index contributed by atoms with van der Waals surface area (Å²) in [6.07, 6.45) is 0. The van der Waals surface area contributed by atoms with Crippen molar-refractivity contribution in [2.24, 2.45) is 4.99 Å². The number of benzene rings is 2. The molecule has 2 aromatic rings. The van der Waals surface area contributed by atoms with Crippen molar-refractivity contribution in [2.75, 3.05) is 0 Å². The molecule has 104 valence electrons. The quantitative estimate of drug-likeness (QED) is 0.640. The normalized spacial score (nSPS) is 20.8. The molecule has 0 radical (unpaired) electrons. The van der Waals surface area contributed by atoms with Crippen LogP contribution in [0.4, 0.5) is 0 Å². The van der Waals surface area contributed by atoms with Gasteiger partial charge < -0.3 is 4.74 Å². The molecule has 0 spiro atoms. The number of hydrogen-bond acceptors (Lipinski definition) is 4. The van der Waals surface area contributed by atoms with Crippen molar-refractivity contribution in [1.82, 2.24) is 0 Å². The van der Waals surface area contributed by atoms with Crippen LogP contribution < -0.4 is 0 Å². The van der Waals surface area contributed by atoms with Crippen LogP contribution in [0, 0.1) is 0 Å². The van der Waals surface area contributed by atoms with Crippen LogP contribution in [-0.4, -0.2) is 17.7 Å². The lowest BCUT2D eigenvalue weighted by Crippen LogP contribution is -2.38. The summed E-state index contributed by atoms with van der Waals surface area (Å²) in [6.45, 7) is 1.35. The lowest BCUT2D eigenvalue weighted by Gasteiger charge is -2.18. The number of Topliss-reactive ketones (excluding diaryl/α,β-unsaturated/α-hetero) is 1. The van der Waals surface area contributed by atoms with E-state index >= 15 is 0 Å². The highest BCUT2D eigenvalue weighted by atomic mass is 16.6. The number of ketones is 1. The molecule has 1 atom stereocenters. The van der Waals surface area contributed by atoms with Gasteiger partial charge in [-0.05, 0) is 24.6 Å². The van der Waals surface area contributed by atoms with E-state index in [1.165, 1.54) is 6.92 Å². The number of cyclic esters (lactones) is 1.